The van der Waals surface area contributed by atoms with E-state index in [9.17, 15) is 14.0 Å². The summed E-state index contributed by atoms with van der Waals surface area (Å²) in [5.41, 5.74) is 5.18. The van der Waals surface area contributed by atoms with E-state index in [0.29, 0.717) is 6.54 Å². The van der Waals surface area contributed by atoms with Crippen LogP contribution < -0.4 is 11.1 Å². The Labute approximate surface area is 116 Å². The van der Waals surface area contributed by atoms with E-state index in [2.05, 4.69) is 5.32 Å². The van der Waals surface area contributed by atoms with Crippen LogP contribution in [0.1, 0.15) is 23.2 Å². The first-order valence-corrected chi connectivity index (χ1v) is 6.64. The zero-order valence-electron chi connectivity index (χ0n) is 11.1. The lowest BCUT2D eigenvalue weighted by atomic mass is 10.0. The summed E-state index contributed by atoms with van der Waals surface area (Å²) in [4.78, 5) is 25.0. The molecule has 20 heavy (non-hydrogen) atoms. The lowest BCUT2D eigenvalue weighted by Crippen LogP contribution is -2.51. The molecule has 5 nitrogen and oxygen atoms in total. The van der Waals surface area contributed by atoms with Crippen molar-refractivity contribution in [1.29, 1.82) is 0 Å². The van der Waals surface area contributed by atoms with Crippen LogP contribution in [0.15, 0.2) is 24.3 Å². The molecule has 108 valence electrons. The summed E-state index contributed by atoms with van der Waals surface area (Å²) in [5.74, 6) is -1.67. The largest absolute Gasteiger partial charge is 0.368 e. The quantitative estimate of drug-likeness (QED) is 0.843. The Balaban J connectivity index is 2.23. The van der Waals surface area contributed by atoms with E-state index >= 15 is 0 Å². The molecule has 1 unspecified atom stereocenters. The standard InChI is InChI=1S/C14H18FN3O2/c15-12-6-2-1-5-11(12)14(20)18(9-13(16)19)10-4-3-7-17-8-10/h1-2,5-6,10,17H,3-4,7-9H2,(H2,16,19). The van der Waals surface area contributed by atoms with Crippen molar-refractivity contribution in [3.05, 3.63) is 35.6 Å². The Bertz CT molecular complexity index is 501. The van der Waals surface area contributed by atoms with Crippen LogP contribution in [0.4, 0.5) is 4.39 Å². The van der Waals surface area contributed by atoms with Gasteiger partial charge in [-0.25, -0.2) is 4.39 Å². The molecule has 1 atom stereocenters. The molecule has 2 amide bonds. The molecule has 1 aromatic carbocycles. The van der Waals surface area contributed by atoms with Crippen molar-refractivity contribution >= 4 is 11.8 Å². The number of halogens is 1. The molecule has 0 bridgehead atoms. The number of benzene rings is 1. The fraction of sp³-hybridized carbons (Fsp3) is 0.429. The molecule has 0 spiro atoms. The number of nitrogens with zero attached hydrogens (tertiary/aromatic N) is 1. The number of piperidine rings is 1. The molecule has 0 radical (unpaired) electrons. The van der Waals surface area contributed by atoms with Gasteiger partial charge in [0.1, 0.15) is 5.82 Å². The lowest BCUT2D eigenvalue weighted by molar-refractivity contribution is -0.119. The molecule has 1 saturated heterocycles. The molecule has 6 heteroatoms. The summed E-state index contributed by atoms with van der Waals surface area (Å²) < 4.78 is 13.7. The highest BCUT2D eigenvalue weighted by Gasteiger charge is 2.28. The SMILES string of the molecule is NC(=O)CN(C(=O)c1ccccc1F)C1CCCNC1. The van der Waals surface area contributed by atoms with Crippen molar-refractivity contribution in [1.82, 2.24) is 10.2 Å². The molecule has 2 rings (SSSR count). The topological polar surface area (TPSA) is 75.4 Å². The zero-order chi connectivity index (χ0) is 14.5. The van der Waals surface area contributed by atoms with Gasteiger partial charge in [0.25, 0.3) is 5.91 Å². The van der Waals surface area contributed by atoms with Crippen molar-refractivity contribution in [2.24, 2.45) is 5.73 Å². The van der Waals surface area contributed by atoms with E-state index in [-0.39, 0.29) is 18.2 Å². The molecule has 1 aliphatic heterocycles. The molecule has 0 saturated carbocycles. The summed E-state index contributed by atoms with van der Waals surface area (Å²) in [6.45, 7) is 1.28. The molecular formula is C14H18FN3O2. The summed E-state index contributed by atoms with van der Waals surface area (Å²) in [5, 5.41) is 3.17. The molecular weight excluding hydrogens is 261 g/mol. The summed E-state index contributed by atoms with van der Waals surface area (Å²) in [6.07, 6.45) is 1.69. The van der Waals surface area contributed by atoms with Gasteiger partial charge in [0.2, 0.25) is 5.91 Å². The number of nitrogens with one attached hydrogen (secondary N) is 1. The van der Waals surface area contributed by atoms with Gasteiger partial charge in [0.05, 0.1) is 12.1 Å². The third kappa shape index (κ3) is 3.33. The second-order valence-electron chi connectivity index (χ2n) is 4.88. The number of carbonyl (C=O) groups excluding carboxylic acids is 2. The van der Waals surface area contributed by atoms with Gasteiger partial charge in [-0.2, -0.15) is 0 Å². The van der Waals surface area contributed by atoms with E-state index in [1.165, 1.54) is 23.1 Å². The molecule has 3 N–H and O–H groups in total. The number of nitrogens with two attached hydrogens (primary N) is 1. The summed E-state index contributed by atoms with van der Waals surface area (Å²) in [6, 6.07) is 5.63. The van der Waals surface area contributed by atoms with Crippen LogP contribution in [0.2, 0.25) is 0 Å². The number of hydrogen-bond donors (Lipinski definition) is 2. The first-order chi connectivity index (χ1) is 9.59. The molecule has 0 aliphatic carbocycles. The van der Waals surface area contributed by atoms with Crippen molar-refractivity contribution in [2.45, 2.75) is 18.9 Å². The van der Waals surface area contributed by atoms with Gasteiger partial charge in [-0.1, -0.05) is 12.1 Å². The minimum Gasteiger partial charge on any atom is -0.368 e. The number of amides is 2. The Morgan fingerprint density at radius 3 is 2.75 bits per heavy atom. The molecule has 1 heterocycles. The normalized spacial score (nSPS) is 18.6. The summed E-state index contributed by atoms with van der Waals surface area (Å²) in [7, 11) is 0. The number of rotatable bonds is 4. The predicted octanol–water partition coefficient (Wildman–Crippen LogP) is 0.505. The van der Waals surface area contributed by atoms with Crippen LogP contribution >= 0.6 is 0 Å². The maximum Gasteiger partial charge on any atom is 0.257 e. The highest BCUT2D eigenvalue weighted by molar-refractivity contribution is 5.96. The van der Waals surface area contributed by atoms with Gasteiger partial charge >= 0.3 is 0 Å². The van der Waals surface area contributed by atoms with E-state index in [0.717, 1.165) is 19.4 Å². The van der Waals surface area contributed by atoms with Crippen molar-refractivity contribution in [3.8, 4) is 0 Å². The first-order valence-electron chi connectivity index (χ1n) is 6.64. The smallest absolute Gasteiger partial charge is 0.257 e. The Hall–Kier alpha value is -1.95. The van der Waals surface area contributed by atoms with Gasteiger partial charge in [0, 0.05) is 12.6 Å². The fourth-order valence-electron chi connectivity index (χ4n) is 2.42. The van der Waals surface area contributed by atoms with Crippen LogP contribution in [0.5, 0.6) is 0 Å². The van der Waals surface area contributed by atoms with Crippen molar-refractivity contribution < 1.29 is 14.0 Å². The Morgan fingerprint density at radius 2 is 2.15 bits per heavy atom. The van der Waals surface area contributed by atoms with Crippen LogP contribution in [-0.4, -0.2) is 42.4 Å². The van der Waals surface area contributed by atoms with Crippen LogP contribution in [0.25, 0.3) is 0 Å². The molecule has 1 aromatic rings. The fourth-order valence-corrected chi connectivity index (χ4v) is 2.42. The van der Waals surface area contributed by atoms with Gasteiger partial charge in [-0.05, 0) is 31.5 Å². The lowest BCUT2D eigenvalue weighted by Gasteiger charge is -2.34. The van der Waals surface area contributed by atoms with E-state index in [1.54, 1.807) is 6.07 Å². The van der Waals surface area contributed by atoms with E-state index in [4.69, 9.17) is 5.73 Å². The predicted molar refractivity (Wildman–Crippen MR) is 72.5 cm³/mol. The van der Waals surface area contributed by atoms with Gasteiger partial charge in [-0.3, -0.25) is 9.59 Å². The molecule has 1 aliphatic rings. The molecule has 0 aromatic heterocycles. The highest BCUT2D eigenvalue weighted by atomic mass is 19.1. The number of carbonyl (C=O) groups is 2. The maximum atomic E-state index is 13.7. The van der Waals surface area contributed by atoms with E-state index < -0.39 is 17.6 Å². The second kappa shape index (κ2) is 6.47. The molecule has 1 fully saturated rings. The van der Waals surface area contributed by atoms with Gasteiger partial charge in [0.15, 0.2) is 0 Å². The van der Waals surface area contributed by atoms with Crippen molar-refractivity contribution in [3.63, 3.8) is 0 Å². The van der Waals surface area contributed by atoms with Crippen LogP contribution in [-0.2, 0) is 4.79 Å². The van der Waals surface area contributed by atoms with Crippen LogP contribution in [0, 0.1) is 5.82 Å². The Morgan fingerprint density at radius 1 is 1.40 bits per heavy atom. The minimum atomic E-state index is -0.597. The average Bonchev–Trinajstić information content (AvgIpc) is 2.45. The second-order valence-corrected chi connectivity index (χ2v) is 4.88. The van der Waals surface area contributed by atoms with Gasteiger partial charge in [-0.15, -0.1) is 0 Å². The van der Waals surface area contributed by atoms with Gasteiger partial charge < -0.3 is 16.0 Å². The monoisotopic (exact) mass is 279 g/mol. The van der Waals surface area contributed by atoms with Crippen molar-refractivity contribution in [2.75, 3.05) is 19.6 Å². The average molecular weight is 279 g/mol. The highest BCUT2D eigenvalue weighted by Crippen LogP contribution is 2.16. The maximum absolute atomic E-state index is 13.7. The minimum absolute atomic E-state index is 0.0284. The first kappa shape index (κ1) is 14.5. The number of primary amides is 1. The third-order valence-electron chi connectivity index (χ3n) is 3.40. The third-order valence-corrected chi connectivity index (χ3v) is 3.40. The van der Waals surface area contributed by atoms with E-state index in [1.807, 2.05) is 0 Å². The summed E-state index contributed by atoms with van der Waals surface area (Å²) >= 11 is 0. The number of hydrogen-bond acceptors (Lipinski definition) is 3. The Kier molecular flexibility index (Phi) is 4.68. The zero-order valence-corrected chi connectivity index (χ0v) is 11.1. The van der Waals surface area contributed by atoms with Crippen LogP contribution in [0.3, 0.4) is 0 Å².